The van der Waals surface area contributed by atoms with Crippen molar-refractivity contribution in [3.8, 4) is 0 Å². The molecule has 1 N–H and O–H groups in total. The van der Waals surface area contributed by atoms with Crippen LogP contribution < -0.4 is 4.98 Å². The first-order valence-electron chi connectivity index (χ1n) is 5.85. The van der Waals surface area contributed by atoms with Crippen LogP contribution in [0.15, 0.2) is 0 Å². The van der Waals surface area contributed by atoms with Gasteiger partial charge in [0.2, 0.25) is 0 Å². The fraction of sp³-hybridized carbons (Fsp3) is 1.00. The molecule has 1 atom stereocenters. The van der Waals surface area contributed by atoms with Crippen molar-refractivity contribution in [2.45, 2.75) is 40.4 Å². The molecule has 0 aliphatic heterocycles. The number of rotatable bonds is 7. The van der Waals surface area contributed by atoms with Gasteiger partial charge < -0.3 is 13.6 Å². The van der Waals surface area contributed by atoms with Gasteiger partial charge >= 0.3 is 9.36 Å². The van der Waals surface area contributed by atoms with E-state index in [4.69, 9.17) is 4.43 Å². The van der Waals surface area contributed by atoms with Crippen LogP contribution in [-0.4, -0.2) is 42.0 Å². The SMILES string of the molecule is CCN[SiH](OC)N(CC(C)C)[Si](C)(C)C. The quantitative estimate of drug-likeness (QED) is 0.695. The highest BCUT2D eigenvalue weighted by Crippen LogP contribution is 2.13. The maximum absolute atomic E-state index is 5.67. The number of nitrogens with zero attached hydrogens (tertiary/aromatic N) is 1. The van der Waals surface area contributed by atoms with Gasteiger partial charge in [-0.3, -0.25) is 0 Å². The third-order valence-electron chi connectivity index (χ3n) is 2.31. The zero-order valence-electron chi connectivity index (χ0n) is 11.4. The van der Waals surface area contributed by atoms with Crippen molar-refractivity contribution in [1.82, 2.24) is 9.21 Å². The zero-order chi connectivity index (χ0) is 12.1. The van der Waals surface area contributed by atoms with Gasteiger partial charge in [-0.15, -0.1) is 0 Å². The Labute approximate surface area is 98.2 Å². The summed E-state index contributed by atoms with van der Waals surface area (Å²) in [6, 6.07) is 0. The third-order valence-corrected chi connectivity index (χ3v) is 9.22. The van der Waals surface area contributed by atoms with E-state index in [9.17, 15) is 0 Å². The van der Waals surface area contributed by atoms with Crippen LogP contribution in [0.5, 0.6) is 0 Å². The van der Waals surface area contributed by atoms with Crippen molar-refractivity contribution < 1.29 is 4.43 Å². The Hall–Kier alpha value is 0.314. The highest BCUT2D eigenvalue weighted by Gasteiger charge is 2.32. The summed E-state index contributed by atoms with van der Waals surface area (Å²) in [7, 11) is -0.787. The lowest BCUT2D eigenvalue weighted by Gasteiger charge is -2.39. The van der Waals surface area contributed by atoms with E-state index in [1.165, 1.54) is 0 Å². The summed E-state index contributed by atoms with van der Waals surface area (Å²) in [5.41, 5.74) is 0. The van der Waals surface area contributed by atoms with E-state index in [0.29, 0.717) is 5.92 Å². The van der Waals surface area contributed by atoms with Gasteiger partial charge in [0.15, 0.2) is 0 Å². The second-order valence-corrected chi connectivity index (χ2v) is 13.0. The predicted octanol–water partition coefficient (Wildman–Crippen LogP) is 1.75. The standard InChI is InChI=1S/C10H28N2OSi2/c1-8-11-14(13-4)12(9-10(2)3)15(5,6)7/h10-11,14H,8-9H2,1-7H3. The second kappa shape index (κ2) is 6.80. The topological polar surface area (TPSA) is 24.5 Å². The Kier molecular flexibility index (Phi) is 6.94. The molecule has 1 unspecified atom stereocenters. The van der Waals surface area contributed by atoms with Crippen molar-refractivity contribution >= 4 is 17.6 Å². The first-order valence-corrected chi connectivity index (χ1v) is 10.9. The average Bonchev–Trinajstić information content (AvgIpc) is 2.09. The molecule has 0 spiro atoms. The molecule has 0 aromatic rings. The summed E-state index contributed by atoms with van der Waals surface area (Å²) in [5, 5.41) is 0. The molecule has 3 nitrogen and oxygen atoms in total. The summed E-state index contributed by atoms with van der Waals surface area (Å²) >= 11 is 0. The molecule has 0 heterocycles. The number of nitrogens with one attached hydrogen (secondary N) is 1. The van der Waals surface area contributed by atoms with Gasteiger partial charge in [-0.25, -0.2) is 0 Å². The molecule has 0 aliphatic carbocycles. The van der Waals surface area contributed by atoms with Crippen molar-refractivity contribution in [2.75, 3.05) is 20.2 Å². The lowest BCUT2D eigenvalue weighted by Crippen LogP contribution is -2.62. The van der Waals surface area contributed by atoms with Crippen molar-refractivity contribution in [3.63, 3.8) is 0 Å². The first-order chi connectivity index (χ1) is 6.82. The Balaban J connectivity index is 4.58. The summed E-state index contributed by atoms with van der Waals surface area (Å²) < 4.78 is 8.31. The van der Waals surface area contributed by atoms with Crippen molar-refractivity contribution in [3.05, 3.63) is 0 Å². The van der Waals surface area contributed by atoms with E-state index < -0.39 is 17.6 Å². The third kappa shape index (κ3) is 5.82. The Bertz CT molecular complexity index is 171. The summed E-state index contributed by atoms with van der Waals surface area (Å²) in [6.45, 7) is 16.1. The van der Waals surface area contributed by atoms with Crippen LogP contribution >= 0.6 is 0 Å². The maximum Gasteiger partial charge on any atom is 0.330 e. The van der Waals surface area contributed by atoms with E-state index in [2.05, 4.69) is 49.6 Å². The number of hydrogen-bond donors (Lipinski definition) is 1. The molecule has 0 fully saturated rings. The fourth-order valence-electron chi connectivity index (χ4n) is 1.61. The first kappa shape index (κ1) is 15.3. The van der Waals surface area contributed by atoms with Gasteiger partial charge in [0, 0.05) is 7.11 Å². The Morgan fingerprint density at radius 1 is 1.33 bits per heavy atom. The molecule has 0 aliphatic rings. The molecular formula is C10H28N2OSi2. The smallest absolute Gasteiger partial charge is 0.330 e. The molecule has 0 rings (SSSR count). The highest BCUT2D eigenvalue weighted by molar-refractivity contribution is 6.81. The molecule has 0 bridgehead atoms. The molecule has 0 radical (unpaired) electrons. The Morgan fingerprint density at radius 3 is 2.13 bits per heavy atom. The van der Waals surface area contributed by atoms with E-state index in [1.54, 1.807) is 0 Å². The van der Waals surface area contributed by atoms with E-state index in [0.717, 1.165) is 13.1 Å². The zero-order valence-corrected chi connectivity index (χ0v) is 13.6. The number of hydrogen-bond acceptors (Lipinski definition) is 3. The van der Waals surface area contributed by atoms with Crippen LogP contribution in [0.3, 0.4) is 0 Å². The van der Waals surface area contributed by atoms with Crippen LogP contribution in [0.25, 0.3) is 0 Å². The van der Waals surface area contributed by atoms with Gasteiger partial charge in [-0.1, -0.05) is 40.4 Å². The van der Waals surface area contributed by atoms with E-state index >= 15 is 0 Å². The lowest BCUT2D eigenvalue weighted by atomic mass is 10.2. The average molecular weight is 249 g/mol. The van der Waals surface area contributed by atoms with Crippen molar-refractivity contribution in [1.29, 1.82) is 0 Å². The Morgan fingerprint density at radius 2 is 1.87 bits per heavy atom. The van der Waals surface area contributed by atoms with Gasteiger partial charge in [-0.2, -0.15) is 0 Å². The molecule has 5 heteroatoms. The normalized spacial score (nSPS) is 15.0. The monoisotopic (exact) mass is 248 g/mol. The lowest BCUT2D eigenvalue weighted by molar-refractivity contribution is 0.341. The van der Waals surface area contributed by atoms with E-state index in [1.807, 2.05) is 7.11 Å². The van der Waals surface area contributed by atoms with Gasteiger partial charge in [0.1, 0.15) is 8.24 Å². The largest absolute Gasteiger partial charge is 0.398 e. The molecule has 0 amide bonds. The van der Waals surface area contributed by atoms with Gasteiger partial charge in [-0.05, 0) is 19.0 Å². The van der Waals surface area contributed by atoms with Crippen LogP contribution in [0.4, 0.5) is 0 Å². The highest BCUT2D eigenvalue weighted by atomic mass is 28.4. The second-order valence-electron chi connectivity index (χ2n) is 5.36. The molecule has 92 valence electrons. The van der Waals surface area contributed by atoms with Crippen molar-refractivity contribution in [2.24, 2.45) is 5.92 Å². The molecule has 0 saturated heterocycles. The fourth-order valence-corrected chi connectivity index (χ4v) is 7.53. The molecule has 0 aromatic carbocycles. The van der Waals surface area contributed by atoms with Crippen LogP contribution in [0.2, 0.25) is 19.6 Å². The predicted molar refractivity (Wildman–Crippen MR) is 72.7 cm³/mol. The van der Waals surface area contributed by atoms with Crippen LogP contribution in [0, 0.1) is 5.92 Å². The molecule has 15 heavy (non-hydrogen) atoms. The van der Waals surface area contributed by atoms with Crippen LogP contribution in [0.1, 0.15) is 20.8 Å². The van der Waals surface area contributed by atoms with E-state index in [-0.39, 0.29) is 0 Å². The van der Waals surface area contributed by atoms with Crippen LogP contribution in [-0.2, 0) is 4.43 Å². The minimum Gasteiger partial charge on any atom is -0.398 e. The molecular weight excluding hydrogens is 220 g/mol. The summed E-state index contributed by atoms with van der Waals surface area (Å²) in [5.74, 6) is 0.709. The summed E-state index contributed by atoms with van der Waals surface area (Å²) in [6.07, 6.45) is 0. The molecule has 0 aromatic heterocycles. The van der Waals surface area contributed by atoms with Gasteiger partial charge in [0.05, 0.1) is 0 Å². The minimum atomic E-state index is -1.36. The minimum absolute atomic E-state index is 0.709. The molecule has 0 saturated carbocycles. The maximum atomic E-state index is 5.67. The summed E-state index contributed by atoms with van der Waals surface area (Å²) in [4.78, 5) is 3.52. The van der Waals surface area contributed by atoms with Gasteiger partial charge in [0.25, 0.3) is 0 Å².